The van der Waals surface area contributed by atoms with Crippen molar-refractivity contribution < 1.29 is 8.42 Å². The molecule has 0 saturated carbocycles. The van der Waals surface area contributed by atoms with E-state index >= 15 is 0 Å². The Morgan fingerprint density at radius 2 is 2.12 bits per heavy atom. The third-order valence-corrected chi connectivity index (χ3v) is 4.18. The van der Waals surface area contributed by atoms with Crippen molar-refractivity contribution in [2.45, 2.75) is 19.8 Å². The topological polar surface area (TPSA) is 72.2 Å². The van der Waals surface area contributed by atoms with Crippen molar-refractivity contribution in [3.8, 4) is 0 Å². The van der Waals surface area contributed by atoms with Crippen LogP contribution in [-0.4, -0.2) is 20.7 Å². The fourth-order valence-corrected chi connectivity index (χ4v) is 3.04. The number of halogens is 1. The van der Waals surface area contributed by atoms with Gasteiger partial charge in [0.2, 0.25) is 10.0 Å². The second-order valence-electron chi connectivity index (χ2n) is 3.72. The van der Waals surface area contributed by atoms with E-state index in [1.807, 2.05) is 19.1 Å². The molecule has 1 rings (SSSR count). The lowest BCUT2D eigenvalue weighted by atomic mass is 10.1. The van der Waals surface area contributed by atoms with Crippen LogP contribution in [0.25, 0.3) is 0 Å². The SMILES string of the molecule is CCc1cc(Br)ccc1NS(=O)(=O)CCCN. The molecule has 0 heterocycles. The molecule has 0 amide bonds. The molecule has 0 bridgehead atoms. The Labute approximate surface area is 111 Å². The number of anilines is 1. The maximum absolute atomic E-state index is 11.7. The van der Waals surface area contributed by atoms with Gasteiger partial charge in [-0.1, -0.05) is 22.9 Å². The number of hydrogen-bond donors (Lipinski definition) is 2. The fourth-order valence-electron chi connectivity index (χ4n) is 1.45. The summed E-state index contributed by atoms with van der Waals surface area (Å²) in [6, 6.07) is 5.50. The first-order valence-electron chi connectivity index (χ1n) is 5.47. The highest BCUT2D eigenvalue weighted by molar-refractivity contribution is 9.10. The highest BCUT2D eigenvalue weighted by Crippen LogP contribution is 2.22. The second kappa shape index (κ2) is 6.37. The molecule has 1 aromatic carbocycles. The van der Waals surface area contributed by atoms with Crippen molar-refractivity contribution in [2.75, 3.05) is 17.0 Å². The Kier molecular flexibility index (Phi) is 5.42. The zero-order valence-electron chi connectivity index (χ0n) is 9.74. The third-order valence-electron chi connectivity index (χ3n) is 2.33. The molecule has 0 spiro atoms. The maximum atomic E-state index is 11.7. The van der Waals surface area contributed by atoms with Crippen LogP contribution in [0.3, 0.4) is 0 Å². The molecule has 0 unspecified atom stereocenters. The van der Waals surface area contributed by atoms with Gasteiger partial charge in [-0.15, -0.1) is 0 Å². The predicted octanol–water partition coefficient (Wildman–Crippen LogP) is 2.10. The summed E-state index contributed by atoms with van der Waals surface area (Å²) < 4.78 is 27.0. The largest absolute Gasteiger partial charge is 0.330 e. The molecular weight excluding hydrogens is 304 g/mol. The van der Waals surface area contributed by atoms with Gasteiger partial charge in [0.25, 0.3) is 0 Å². The van der Waals surface area contributed by atoms with Crippen molar-refractivity contribution in [3.63, 3.8) is 0 Å². The van der Waals surface area contributed by atoms with Crippen LogP contribution < -0.4 is 10.5 Å². The quantitative estimate of drug-likeness (QED) is 0.843. The zero-order valence-corrected chi connectivity index (χ0v) is 12.1. The van der Waals surface area contributed by atoms with Gasteiger partial charge in [0.1, 0.15) is 0 Å². The predicted molar refractivity (Wildman–Crippen MR) is 74.6 cm³/mol. The molecule has 17 heavy (non-hydrogen) atoms. The average molecular weight is 321 g/mol. The highest BCUT2D eigenvalue weighted by atomic mass is 79.9. The molecule has 4 nitrogen and oxygen atoms in total. The first-order chi connectivity index (χ1) is 7.98. The van der Waals surface area contributed by atoms with Crippen LogP contribution in [0.1, 0.15) is 18.9 Å². The number of benzene rings is 1. The number of sulfonamides is 1. The molecule has 96 valence electrons. The number of rotatable bonds is 6. The Morgan fingerprint density at radius 3 is 2.71 bits per heavy atom. The highest BCUT2D eigenvalue weighted by Gasteiger charge is 2.11. The van der Waals surface area contributed by atoms with Gasteiger partial charge in [-0.05, 0) is 43.1 Å². The average Bonchev–Trinajstić information content (AvgIpc) is 2.28. The van der Waals surface area contributed by atoms with E-state index in [0.717, 1.165) is 16.5 Å². The van der Waals surface area contributed by atoms with Crippen LogP contribution in [0.4, 0.5) is 5.69 Å². The molecule has 0 atom stereocenters. The van der Waals surface area contributed by atoms with Gasteiger partial charge in [0, 0.05) is 4.47 Å². The van der Waals surface area contributed by atoms with Gasteiger partial charge in [-0.2, -0.15) is 0 Å². The van der Waals surface area contributed by atoms with Crippen LogP contribution >= 0.6 is 15.9 Å². The number of nitrogens with one attached hydrogen (secondary N) is 1. The van der Waals surface area contributed by atoms with E-state index in [0.29, 0.717) is 18.7 Å². The Bertz CT molecular complexity index is 474. The van der Waals surface area contributed by atoms with E-state index in [1.54, 1.807) is 6.07 Å². The van der Waals surface area contributed by atoms with E-state index in [2.05, 4.69) is 20.7 Å². The minimum atomic E-state index is -3.29. The summed E-state index contributed by atoms with van der Waals surface area (Å²) in [7, 11) is -3.29. The summed E-state index contributed by atoms with van der Waals surface area (Å²) >= 11 is 3.36. The van der Waals surface area contributed by atoms with Crippen LogP contribution in [0.5, 0.6) is 0 Å². The minimum Gasteiger partial charge on any atom is -0.330 e. The van der Waals surface area contributed by atoms with Gasteiger partial charge in [-0.25, -0.2) is 8.42 Å². The Morgan fingerprint density at radius 1 is 1.41 bits per heavy atom. The summed E-state index contributed by atoms with van der Waals surface area (Å²) in [5.74, 6) is 0.0583. The molecule has 6 heteroatoms. The van der Waals surface area contributed by atoms with Crippen LogP contribution in [-0.2, 0) is 16.4 Å². The number of hydrogen-bond acceptors (Lipinski definition) is 3. The lowest BCUT2D eigenvalue weighted by molar-refractivity contribution is 0.598. The molecule has 1 aromatic rings. The van der Waals surface area contributed by atoms with Gasteiger partial charge in [0.05, 0.1) is 11.4 Å². The van der Waals surface area contributed by atoms with Gasteiger partial charge >= 0.3 is 0 Å². The second-order valence-corrected chi connectivity index (χ2v) is 6.48. The van der Waals surface area contributed by atoms with Gasteiger partial charge in [-0.3, -0.25) is 4.72 Å². The summed E-state index contributed by atoms with van der Waals surface area (Å²) in [5, 5.41) is 0. The van der Waals surface area contributed by atoms with Gasteiger partial charge < -0.3 is 5.73 Å². The molecule has 0 fully saturated rings. The first-order valence-corrected chi connectivity index (χ1v) is 7.92. The van der Waals surface area contributed by atoms with Gasteiger partial charge in [0.15, 0.2) is 0 Å². The van der Waals surface area contributed by atoms with Crippen LogP contribution in [0, 0.1) is 0 Å². The number of aryl methyl sites for hydroxylation is 1. The van der Waals surface area contributed by atoms with Crippen LogP contribution in [0.15, 0.2) is 22.7 Å². The number of nitrogens with two attached hydrogens (primary N) is 1. The Balaban J connectivity index is 2.87. The van der Waals surface area contributed by atoms with E-state index < -0.39 is 10.0 Å². The molecular formula is C11H17BrN2O2S. The van der Waals surface area contributed by atoms with Crippen molar-refractivity contribution in [1.29, 1.82) is 0 Å². The monoisotopic (exact) mass is 320 g/mol. The molecule has 0 radical (unpaired) electrons. The maximum Gasteiger partial charge on any atom is 0.232 e. The molecule has 0 saturated heterocycles. The Hall–Kier alpha value is -0.590. The summed E-state index contributed by atoms with van der Waals surface area (Å²) in [5.41, 5.74) is 6.92. The molecule has 0 aliphatic carbocycles. The third kappa shape index (κ3) is 4.65. The smallest absolute Gasteiger partial charge is 0.232 e. The summed E-state index contributed by atoms with van der Waals surface area (Å²) in [6.07, 6.45) is 1.24. The normalized spacial score (nSPS) is 11.5. The minimum absolute atomic E-state index is 0.0583. The van der Waals surface area contributed by atoms with Crippen molar-refractivity contribution >= 4 is 31.6 Å². The molecule has 0 aliphatic rings. The van der Waals surface area contributed by atoms with Crippen molar-refractivity contribution in [3.05, 3.63) is 28.2 Å². The van der Waals surface area contributed by atoms with E-state index in [1.165, 1.54) is 0 Å². The van der Waals surface area contributed by atoms with E-state index in [-0.39, 0.29) is 5.75 Å². The standard InChI is InChI=1S/C11H17BrN2O2S/c1-2-9-8-10(12)4-5-11(9)14-17(15,16)7-3-6-13/h4-5,8,14H,2-3,6-7,13H2,1H3. The van der Waals surface area contributed by atoms with Crippen LogP contribution in [0.2, 0.25) is 0 Å². The fraction of sp³-hybridized carbons (Fsp3) is 0.455. The van der Waals surface area contributed by atoms with E-state index in [4.69, 9.17) is 5.73 Å². The molecule has 0 aliphatic heterocycles. The lowest BCUT2D eigenvalue weighted by Crippen LogP contribution is -2.19. The first kappa shape index (κ1) is 14.5. The lowest BCUT2D eigenvalue weighted by Gasteiger charge is -2.11. The van der Waals surface area contributed by atoms with Crippen molar-refractivity contribution in [2.24, 2.45) is 5.73 Å². The zero-order chi connectivity index (χ0) is 12.9. The molecule has 0 aromatic heterocycles. The summed E-state index contributed by atoms with van der Waals surface area (Å²) in [4.78, 5) is 0. The van der Waals surface area contributed by atoms with E-state index in [9.17, 15) is 8.42 Å². The summed E-state index contributed by atoms with van der Waals surface area (Å²) in [6.45, 7) is 2.36. The molecule has 3 N–H and O–H groups in total. The van der Waals surface area contributed by atoms with Crippen molar-refractivity contribution in [1.82, 2.24) is 0 Å².